The molecule has 0 spiro atoms. The second-order valence-electron chi connectivity index (χ2n) is 5.96. The number of anilines is 2. The SMILES string of the molecule is CCOC(=O)N[C@@H](C(=O)Nc1nc2ccc(NC(C)=O)cc2s1)C(C)C. The van der Waals surface area contributed by atoms with Crippen molar-refractivity contribution >= 4 is 50.3 Å². The summed E-state index contributed by atoms with van der Waals surface area (Å²) in [5.74, 6) is -0.651. The summed E-state index contributed by atoms with van der Waals surface area (Å²) in [6, 6.07) is 4.56. The van der Waals surface area contributed by atoms with Gasteiger partial charge in [0.2, 0.25) is 11.8 Å². The molecule has 8 nitrogen and oxygen atoms in total. The summed E-state index contributed by atoms with van der Waals surface area (Å²) < 4.78 is 5.66. The highest BCUT2D eigenvalue weighted by molar-refractivity contribution is 7.22. The Morgan fingerprint density at radius 2 is 1.96 bits per heavy atom. The van der Waals surface area contributed by atoms with Crippen LogP contribution < -0.4 is 16.0 Å². The number of amides is 3. The number of nitrogens with zero attached hydrogens (tertiary/aromatic N) is 1. The molecule has 26 heavy (non-hydrogen) atoms. The quantitative estimate of drug-likeness (QED) is 0.716. The summed E-state index contributed by atoms with van der Waals surface area (Å²) in [6.45, 7) is 7.02. The summed E-state index contributed by atoms with van der Waals surface area (Å²) >= 11 is 1.29. The minimum Gasteiger partial charge on any atom is -0.450 e. The summed E-state index contributed by atoms with van der Waals surface area (Å²) in [5.41, 5.74) is 1.37. The smallest absolute Gasteiger partial charge is 0.407 e. The third-order valence-corrected chi connectivity index (χ3v) is 4.37. The number of rotatable bonds is 6. The molecule has 0 aliphatic rings. The summed E-state index contributed by atoms with van der Waals surface area (Å²) in [5, 5.41) is 8.41. The number of hydrogen-bond acceptors (Lipinski definition) is 6. The van der Waals surface area contributed by atoms with Crippen LogP contribution in [0.3, 0.4) is 0 Å². The first-order valence-corrected chi connectivity index (χ1v) is 9.04. The lowest BCUT2D eigenvalue weighted by Crippen LogP contribution is -2.47. The number of thiazole rings is 1. The van der Waals surface area contributed by atoms with Crippen LogP contribution in [0.15, 0.2) is 18.2 Å². The summed E-state index contributed by atoms with van der Waals surface area (Å²) in [6.07, 6.45) is -0.634. The molecule has 140 valence electrons. The molecule has 2 rings (SSSR count). The minimum absolute atomic E-state index is 0.125. The molecule has 2 aromatic rings. The molecule has 0 aliphatic carbocycles. The van der Waals surface area contributed by atoms with E-state index >= 15 is 0 Å². The van der Waals surface area contributed by atoms with E-state index in [9.17, 15) is 14.4 Å². The van der Waals surface area contributed by atoms with Crippen molar-refractivity contribution in [2.75, 3.05) is 17.2 Å². The van der Waals surface area contributed by atoms with Crippen molar-refractivity contribution in [2.24, 2.45) is 5.92 Å². The first kappa shape index (κ1) is 19.6. The van der Waals surface area contributed by atoms with Gasteiger partial charge in [-0.05, 0) is 31.0 Å². The average Bonchev–Trinajstić information content (AvgIpc) is 2.93. The topological polar surface area (TPSA) is 109 Å². The van der Waals surface area contributed by atoms with E-state index in [1.54, 1.807) is 25.1 Å². The number of nitrogens with one attached hydrogen (secondary N) is 3. The number of hydrogen-bond donors (Lipinski definition) is 3. The molecule has 0 fully saturated rings. The van der Waals surface area contributed by atoms with Crippen molar-refractivity contribution in [1.29, 1.82) is 0 Å². The van der Waals surface area contributed by atoms with Crippen LogP contribution in [0.4, 0.5) is 15.6 Å². The molecule has 0 radical (unpaired) electrons. The molecule has 3 amide bonds. The maximum absolute atomic E-state index is 12.5. The van der Waals surface area contributed by atoms with Crippen molar-refractivity contribution in [2.45, 2.75) is 33.7 Å². The van der Waals surface area contributed by atoms with Crippen molar-refractivity contribution in [1.82, 2.24) is 10.3 Å². The summed E-state index contributed by atoms with van der Waals surface area (Å²) in [7, 11) is 0. The lowest BCUT2D eigenvalue weighted by atomic mass is 10.0. The fraction of sp³-hybridized carbons (Fsp3) is 0.412. The Hall–Kier alpha value is -2.68. The number of aromatic nitrogens is 1. The van der Waals surface area contributed by atoms with Crippen LogP contribution in [0.1, 0.15) is 27.7 Å². The first-order chi connectivity index (χ1) is 12.3. The molecular weight excluding hydrogens is 356 g/mol. The first-order valence-electron chi connectivity index (χ1n) is 8.22. The number of benzene rings is 1. The van der Waals surface area contributed by atoms with Gasteiger partial charge in [0.1, 0.15) is 6.04 Å². The molecule has 0 saturated carbocycles. The van der Waals surface area contributed by atoms with Gasteiger partial charge in [-0.15, -0.1) is 0 Å². The Labute approximate surface area is 155 Å². The predicted molar refractivity (Wildman–Crippen MR) is 101 cm³/mol. The Morgan fingerprint density at radius 1 is 1.23 bits per heavy atom. The average molecular weight is 378 g/mol. The van der Waals surface area contributed by atoms with Crippen LogP contribution in [0.2, 0.25) is 0 Å². The monoisotopic (exact) mass is 378 g/mol. The van der Waals surface area contributed by atoms with Gasteiger partial charge in [0.05, 0.1) is 16.8 Å². The second kappa shape index (κ2) is 8.61. The normalized spacial score (nSPS) is 11.9. The minimum atomic E-state index is -0.740. The van der Waals surface area contributed by atoms with Crippen molar-refractivity contribution < 1.29 is 19.1 Å². The van der Waals surface area contributed by atoms with Crippen LogP contribution >= 0.6 is 11.3 Å². The van der Waals surface area contributed by atoms with Crippen molar-refractivity contribution in [3.8, 4) is 0 Å². The molecular formula is C17H22N4O4S. The van der Waals surface area contributed by atoms with Gasteiger partial charge in [-0.2, -0.15) is 0 Å². The van der Waals surface area contributed by atoms with E-state index in [1.807, 2.05) is 13.8 Å². The molecule has 0 saturated heterocycles. The van der Waals surface area contributed by atoms with Gasteiger partial charge in [0.15, 0.2) is 5.13 Å². The van der Waals surface area contributed by atoms with Crippen LogP contribution in [0.5, 0.6) is 0 Å². The highest BCUT2D eigenvalue weighted by atomic mass is 32.1. The number of ether oxygens (including phenoxy) is 1. The summed E-state index contributed by atoms with van der Waals surface area (Å²) in [4.78, 5) is 39.6. The number of alkyl carbamates (subject to hydrolysis) is 1. The fourth-order valence-electron chi connectivity index (χ4n) is 2.28. The zero-order chi connectivity index (χ0) is 19.3. The van der Waals surface area contributed by atoms with E-state index < -0.39 is 12.1 Å². The molecule has 1 aromatic heterocycles. The standard InChI is InChI=1S/C17H22N4O4S/c1-5-25-17(24)20-14(9(2)3)15(23)21-16-19-12-7-6-11(18-10(4)22)8-13(12)26-16/h6-9,14H,5H2,1-4H3,(H,18,22)(H,20,24)(H,19,21,23)/t14-/m1/s1. The zero-order valence-corrected chi connectivity index (χ0v) is 15.9. The van der Waals surface area contributed by atoms with Gasteiger partial charge in [-0.1, -0.05) is 25.2 Å². The lowest BCUT2D eigenvalue weighted by Gasteiger charge is -2.20. The molecule has 0 aliphatic heterocycles. The lowest BCUT2D eigenvalue weighted by molar-refractivity contribution is -0.119. The van der Waals surface area contributed by atoms with Crippen molar-refractivity contribution in [3.63, 3.8) is 0 Å². The largest absolute Gasteiger partial charge is 0.450 e. The molecule has 1 aromatic carbocycles. The van der Waals surface area contributed by atoms with Crippen LogP contribution in [0, 0.1) is 5.92 Å². The van der Waals surface area contributed by atoms with Crippen molar-refractivity contribution in [3.05, 3.63) is 18.2 Å². The number of fused-ring (bicyclic) bond motifs is 1. The zero-order valence-electron chi connectivity index (χ0n) is 15.1. The van der Waals surface area contributed by atoms with Crippen LogP contribution in [-0.4, -0.2) is 35.5 Å². The molecule has 0 bridgehead atoms. The van der Waals surface area contributed by atoms with E-state index in [2.05, 4.69) is 20.9 Å². The second-order valence-corrected chi connectivity index (χ2v) is 6.99. The van der Waals surface area contributed by atoms with E-state index in [4.69, 9.17) is 4.74 Å². The van der Waals surface area contributed by atoms with Gasteiger partial charge in [-0.25, -0.2) is 9.78 Å². The number of carbonyl (C=O) groups excluding carboxylic acids is 3. The highest BCUT2D eigenvalue weighted by Gasteiger charge is 2.25. The highest BCUT2D eigenvalue weighted by Crippen LogP contribution is 2.28. The van der Waals surface area contributed by atoms with Crippen LogP contribution in [-0.2, 0) is 14.3 Å². The maximum atomic E-state index is 12.5. The molecule has 1 atom stereocenters. The van der Waals surface area contributed by atoms with E-state index in [0.717, 1.165) is 4.70 Å². The van der Waals surface area contributed by atoms with Gasteiger partial charge in [-0.3, -0.25) is 9.59 Å². The van der Waals surface area contributed by atoms with Gasteiger partial charge in [0, 0.05) is 12.6 Å². The van der Waals surface area contributed by atoms with E-state index in [1.165, 1.54) is 18.3 Å². The molecule has 3 N–H and O–H groups in total. The predicted octanol–water partition coefficient (Wildman–Crippen LogP) is 2.96. The third-order valence-electron chi connectivity index (χ3n) is 3.44. The molecule has 0 unspecified atom stereocenters. The Bertz CT molecular complexity index is 818. The van der Waals surface area contributed by atoms with Gasteiger partial charge in [0.25, 0.3) is 0 Å². The number of carbonyl (C=O) groups is 3. The Balaban J connectivity index is 2.13. The Kier molecular flexibility index (Phi) is 6.51. The van der Waals surface area contributed by atoms with Gasteiger partial charge < -0.3 is 20.7 Å². The van der Waals surface area contributed by atoms with E-state index in [0.29, 0.717) is 16.3 Å². The third kappa shape index (κ3) is 5.16. The molecule has 1 heterocycles. The Morgan fingerprint density at radius 3 is 2.58 bits per heavy atom. The van der Waals surface area contributed by atoms with Crippen LogP contribution in [0.25, 0.3) is 10.2 Å². The molecule has 9 heteroatoms. The maximum Gasteiger partial charge on any atom is 0.407 e. The van der Waals surface area contributed by atoms with E-state index in [-0.39, 0.29) is 24.3 Å². The van der Waals surface area contributed by atoms with Gasteiger partial charge >= 0.3 is 6.09 Å². The fourth-order valence-corrected chi connectivity index (χ4v) is 3.19.